The summed E-state index contributed by atoms with van der Waals surface area (Å²) in [7, 11) is -4.39. The van der Waals surface area contributed by atoms with Gasteiger partial charge in [0.25, 0.3) is 0 Å². The number of imidazole rings is 1. The molecule has 0 fully saturated rings. The van der Waals surface area contributed by atoms with E-state index in [2.05, 4.69) is 10.3 Å². The second-order valence-corrected chi connectivity index (χ2v) is 9.79. The van der Waals surface area contributed by atoms with Gasteiger partial charge < -0.3 is 5.32 Å². The fourth-order valence-corrected chi connectivity index (χ4v) is 4.83. The quantitative estimate of drug-likeness (QED) is 0.358. The summed E-state index contributed by atoms with van der Waals surface area (Å²) in [6.07, 6.45) is -3.24. The number of amides is 1. The molecule has 0 aliphatic carbocycles. The van der Waals surface area contributed by atoms with Crippen molar-refractivity contribution in [3.05, 3.63) is 95.6 Å². The van der Waals surface area contributed by atoms with Gasteiger partial charge in [-0.15, -0.1) is 0 Å². The van der Waals surface area contributed by atoms with E-state index in [0.717, 1.165) is 12.1 Å². The maximum absolute atomic E-state index is 13.2. The Morgan fingerprint density at radius 3 is 2.34 bits per heavy atom. The SMILES string of the molecule is O=C(CS(=O)(=O)c1nc(-c2ccccc2)cn1-c1cccc(Cl)c1)Nc1ccccc1C(F)(F)F. The van der Waals surface area contributed by atoms with Crippen LogP contribution >= 0.6 is 11.6 Å². The van der Waals surface area contributed by atoms with E-state index in [1.54, 1.807) is 48.5 Å². The number of alkyl halides is 3. The van der Waals surface area contributed by atoms with Gasteiger partial charge in [0.2, 0.25) is 20.9 Å². The Balaban J connectivity index is 1.71. The van der Waals surface area contributed by atoms with E-state index < -0.39 is 44.1 Å². The minimum Gasteiger partial charge on any atom is -0.325 e. The fourth-order valence-electron chi connectivity index (χ4n) is 3.40. The molecular weight excluding hydrogens is 503 g/mol. The maximum atomic E-state index is 13.2. The first kappa shape index (κ1) is 24.5. The molecule has 0 atom stereocenters. The van der Waals surface area contributed by atoms with Crippen molar-refractivity contribution < 1.29 is 26.4 Å². The lowest BCUT2D eigenvalue weighted by Crippen LogP contribution is -2.26. The van der Waals surface area contributed by atoms with Crippen molar-refractivity contribution in [1.29, 1.82) is 0 Å². The molecule has 3 aromatic carbocycles. The number of hydrogen-bond donors (Lipinski definition) is 1. The summed E-state index contributed by atoms with van der Waals surface area (Å²) < 4.78 is 67.5. The van der Waals surface area contributed by atoms with Gasteiger partial charge in [-0.3, -0.25) is 9.36 Å². The second-order valence-electron chi connectivity index (χ2n) is 7.48. The van der Waals surface area contributed by atoms with Crippen molar-refractivity contribution in [2.75, 3.05) is 11.1 Å². The number of carbonyl (C=O) groups excluding carboxylic acids is 1. The Morgan fingerprint density at radius 2 is 1.66 bits per heavy atom. The Kier molecular flexibility index (Phi) is 6.68. The molecule has 4 rings (SSSR count). The Morgan fingerprint density at radius 1 is 0.971 bits per heavy atom. The Labute approximate surface area is 203 Å². The molecule has 4 aromatic rings. The van der Waals surface area contributed by atoms with E-state index in [0.29, 0.717) is 22.0 Å². The first-order valence-corrected chi connectivity index (χ1v) is 12.2. The van der Waals surface area contributed by atoms with Crippen LogP contribution in [0.5, 0.6) is 0 Å². The number of nitrogens with zero attached hydrogens (tertiary/aromatic N) is 2. The summed E-state index contributed by atoms with van der Waals surface area (Å²) in [5, 5.41) is 1.96. The third kappa shape index (κ3) is 5.55. The molecule has 0 spiro atoms. The Bertz CT molecular complexity index is 1490. The highest BCUT2D eigenvalue weighted by Gasteiger charge is 2.34. The van der Waals surface area contributed by atoms with Crippen LogP contribution in [0.4, 0.5) is 18.9 Å². The minimum atomic E-state index is -4.73. The summed E-state index contributed by atoms with van der Waals surface area (Å²) in [5.74, 6) is -2.26. The summed E-state index contributed by atoms with van der Waals surface area (Å²) in [5.41, 5.74) is -0.283. The molecule has 0 saturated heterocycles. The van der Waals surface area contributed by atoms with E-state index in [4.69, 9.17) is 11.6 Å². The molecule has 1 heterocycles. The molecule has 1 amide bonds. The van der Waals surface area contributed by atoms with E-state index in [1.807, 2.05) is 0 Å². The van der Waals surface area contributed by atoms with Gasteiger partial charge in [-0.2, -0.15) is 13.2 Å². The number of para-hydroxylation sites is 1. The first-order valence-electron chi connectivity index (χ1n) is 10.1. The number of rotatable bonds is 6. The summed E-state index contributed by atoms with van der Waals surface area (Å²) in [6.45, 7) is 0. The minimum absolute atomic E-state index is 0.326. The average Bonchev–Trinajstić information content (AvgIpc) is 3.26. The van der Waals surface area contributed by atoms with Crippen LogP contribution in [0.1, 0.15) is 5.56 Å². The summed E-state index contributed by atoms with van der Waals surface area (Å²) in [4.78, 5) is 16.8. The van der Waals surface area contributed by atoms with Gasteiger partial charge in [-0.1, -0.05) is 60.1 Å². The highest BCUT2D eigenvalue weighted by atomic mass is 35.5. The fraction of sp³-hybridized carbons (Fsp3) is 0.0833. The Hall–Kier alpha value is -3.63. The van der Waals surface area contributed by atoms with Gasteiger partial charge in [0.15, 0.2) is 0 Å². The van der Waals surface area contributed by atoms with Crippen LogP contribution < -0.4 is 5.32 Å². The third-order valence-corrected chi connectivity index (χ3v) is 6.66. The molecule has 0 bridgehead atoms. The number of carbonyl (C=O) groups is 1. The summed E-state index contributed by atoms with van der Waals surface area (Å²) >= 11 is 6.07. The van der Waals surface area contributed by atoms with Gasteiger partial charge in [0.1, 0.15) is 5.75 Å². The zero-order valence-electron chi connectivity index (χ0n) is 17.8. The number of hydrogen-bond acceptors (Lipinski definition) is 4. The lowest BCUT2D eigenvalue weighted by atomic mass is 10.1. The molecular formula is C24H17ClF3N3O3S. The lowest BCUT2D eigenvalue weighted by molar-refractivity contribution is -0.137. The molecule has 0 saturated carbocycles. The van der Waals surface area contributed by atoms with E-state index in [1.165, 1.54) is 29.0 Å². The summed E-state index contributed by atoms with van der Waals surface area (Å²) in [6, 6.07) is 19.5. The number of sulfone groups is 1. The van der Waals surface area contributed by atoms with Crippen LogP contribution in [0, 0.1) is 0 Å². The molecule has 0 aliphatic rings. The standard InChI is InChI=1S/C24H17ClF3N3O3S/c25-17-9-6-10-18(13-17)31-14-21(16-7-2-1-3-8-16)30-23(31)35(33,34)15-22(32)29-20-12-5-4-11-19(20)24(26,27)28/h1-14H,15H2,(H,29,32). The van der Waals surface area contributed by atoms with E-state index in [-0.39, 0.29) is 0 Å². The molecule has 6 nitrogen and oxygen atoms in total. The molecule has 1 N–H and O–H groups in total. The molecule has 0 radical (unpaired) electrons. The topological polar surface area (TPSA) is 81.1 Å². The van der Waals surface area contributed by atoms with Crippen LogP contribution in [0.3, 0.4) is 0 Å². The van der Waals surface area contributed by atoms with Gasteiger partial charge >= 0.3 is 6.18 Å². The van der Waals surface area contributed by atoms with Crippen molar-refractivity contribution in [3.8, 4) is 16.9 Å². The zero-order valence-corrected chi connectivity index (χ0v) is 19.4. The smallest absolute Gasteiger partial charge is 0.325 e. The van der Waals surface area contributed by atoms with Gasteiger partial charge in [0.05, 0.1) is 16.9 Å². The zero-order chi connectivity index (χ0) is 25.2. The molecule has 0 unspecified atom stereocenters. The average molecular weight is 520 g/mol. The maximum Gasteiger partial charge on any atom is 0.418 e. The van der Waals surface area contributed by atoms with Crippen LogP contribution in [0.2, 0.25) is 5.02 Å². The third-order valence-electron chi connectivity index (χ3n) is 4.94. The predicted octanol–water partition coefficient (Wildman–Crippen LogP) is 5.62. The number of anilines is 1. The van der Waals surface area contributed by atoms with Crippen molar-refractivity contribution in [2.45, 2.75) is 11.3 Å². The second kappa shape index (κ2) is 9.55. The van der Waals surface area contributed by atoms with Crippen molar-refractivity contribution >= 4 is 33.0 Å². The number of aromatic nitrogens is 2. The van der Waals surface area contributed by atoms with Crippen molar-refractivity contribution in [2.24, 2.45) is 0 Å². The molecule has 35 heavy (non-hydrogen) atoms. The lowest BCUT2D eigenvalue weighted by Gasteiger charge is -2.14. The van der Waals surface area contributed by atoms with Gasteiger partial charge in [-0.25, -0.2) is 13.4 Å². The number of benzene rings is 3. The largest absolute Gasteiger partial charge is 0.418 e. The van der Waals surface area contributed by atoms with Crippen molar-refractivity contribution in [3.63, 3.8) is 0 Å². The van der Waals surface area contributed by atoms with Gasteiger partial charge in [0, 0.05) is 22.5 Å². The highest BCUT2D eigenvalue weighted by molar-refractivity contribution is 7.92. The number of nitrogens with one attached hydrogen (secondary N) is 1. The van der Waals surface area contributed by atoms with E-state index >= 15 is 0 Å². The van der Waals surface area contributed by atoms with Crippen LogP contribution in [-0.4, -0.2) is 29.6 Å². The number of halogens is 4. The monoisotopic (exact) mass is 519 g/mol. The molecule has 11 heteroatoms. The highest BCUT2D eigenvalue weighted by Crippen LogP contribution is 2.34. The van der Waals surface area contributed by atoms with Gasteiger partial charge in [-0.05, 0) is 30.3 Å². The molecule has 1 aromatic heterocycles. The van der Waals surface area contributed by atoms with Crippen LogP contribution in [0.15, 0.2) is 90.2 Å². The first-order chi connectivity index (χ1) is 16.5. The predicted molar refractivity (Wildman–Crippen MR) is 126 cm³/mol. The molecule has 0 aliphatic heterocycles. The van der Waals surface area contributed by atoms with E-state index in [9.17, 15) is 26.4 Å². The van der Waals surface area contributed by atoms with Crippen molar-refractivity contribution in [1.82, 2.24) is 9.55 Å². The van der Waals surface area contributed by atoms with Crippen LogP contribution in [0.25, 0.3) is 16.9 Å². The normalized spacial score (nSPS) is 11.9. The van der Waals surface area contributed by atoms with Crippen LogP contribution in [-0.2, 0) is 20.8 Å². The molecule has 180 valence electrons.